The van der Waals surface area contributed by atoms with Gasteiger partial charge in [-0.15, -0.1) is 10.2 Å². The number of carbonyl (C=O) groups excluding carboxylic acids is 1. The molecular weight excluding hydrogens is 400 g/mol. The normalized spacial score (nSPS) is 11.6. The first-order valence-corrected chi connectivity index (χ1v) is 9.79. The molecule has 0 spiro atoms. The lowest BCUT2D eigenvalue weighted by Crippen LogP contribution is -2.38. The smallest absolute Gasteiger partial charge is 0.315 e. The Bertz CT molecular complexity index is 1100. The Balaban J connectivity index is 1.55. The average Bonchev–Trinajstić information content (AvgIpc) is 3.28. The van der Waals surface area contributed by atoms with Crippen LogP contribution in [0.15, 0.2) is 89.3 Å². The lowest BCUT2D eigenvalue weighted by atomic mass is 10.1. The Morgan fingerprint density at radius 3 is 2.27 bits per heavy atom. The SMILES string of the molecule is O=C(NCc1ccccc1)NC(c1ccc(Cl)cc1)c1nnc(-c2ccccc2)o1. The minimum atomic E-state index is -0.622. The number of benzene rings is 3. The molecule has 0 saturated carbocycles. The van der Waals surface area contributed by atoms with Gasteiger partial charge in [0.25, 0.3) is 0 Å². The summed E-state index contributed by atoms with van der Waals surface area (Å²) < 4.78 is 5.88. The maximum absolute atomic E-state index is 12.6. The third-order valence-electron chi connectivity index (χ3n) is 4.48. The van der Waals surface area contributed by atoms with Crippen molar-refractivity contribution < 1.29 is 9.21 Å². The second-order valence-corrected chi connectivity index (χ2v) is 7.05. The molecule has 0 bridgehead atoms. The van der Waals surface area contributed by atoms with Gasteiger partial charge in [0.05, 0.1) is 0 Å². The van der Waals surface area contributed by atoms with Crippen LogP contribution in [-0.4, -0.2) is 16.2 Å². The van der Waals surface area contributed by atoms with Gasteiger partial charge in [0.1, 0.15) is 6.04 Å². The van der Waals surface area contributed by atoms with Crippen molar-refractivity contribution in [1.29, 1.82) is 0 Å². The second kappa shape index (κ2) is 9.24. The van der Waals surface area contributed by atoms with Gasteiger partial charge < -0.3 is 15.1 Å². The summed E-state index contributed by atoms with van der Waals surface area (Å²) in [6, 6.07) is 25.3. The van der Waals surface area contributed by atoms with E-state index in [1.54, 1.807) is 12.1 Å². The number of urea groups is 1. The van der Waals surface area contributed by atoms with E-state index in [0.717, 1.165) is 16.7 Å². The summed E-state index contributed by atoms with van der Waals surface area (Å²) >= 11 is 6.02. The van der Waals surface area contributed by atoms with Crippen LogP contribution in [0, 0.1) is 0 Å². The highest BCUT2D eigenvalue weighted by molar-refractivity contribution is 6.30. The number of halogens is 1. The predicted molar refractivity (Wildman–Crippen MR) is 115 cm³/mol. The van der Waals surface area contributed by atoms with Crippen molar-refractivity contribution in [3.63, 3.8) is 0 Å². The zero-order chi connectivity index (χ0) is 20.8. The average molecular weight is 419 g/mol. The number of aromatic nitrogens is 2. The van der Waals surface area contributed by atoms with Gasteiger partial charge in [0, 0.05) is 17.1 Å². The van der Waals surface area contributed by atoms with Crippen molar-refractivity contribution in [2.24, 2.45) is 0 Å². The molecule has 1 aromatic heterocycles. The molecule has 0 radical (unpaired) electrons. The molecule has 2 amide bonds. The van der Waals surface area contributed by atoms with E-state index in [1.165, 1.54) is 0 Å². The third-order valence-corrected chi connectivity index (χ3v) is 4.73. The predicted octanol–water partition coefficient (Wildman–Crippen LogP) is 4.98. The first-order valence-electron chi connectivity index (χ1n) is 9.41. The molecule has 1 heterocycles. The zero-order valence-electron chi connectivity index (χ0n) is 16.0. The van der Waals surface area contributed by atoms with Gasteiger partial charge in [-0.05, 0) is 35.4 Å². The highest BCUT2D eigenvalue weighted by Gasteiger charge is 2.23. The van der Waals surface area contributed by atoms with Crippen molar-refractivity contribution in [2.45, 2.75) is 12.6 Å². The molecule has 1 unspecified atom stereocenters. The first-order chi connectivity index (χ1) is 14.7. The second-order valence-electron chi connectivity index (χ2n) is 6.61. The first kappa shape index (κ1) is 19.7. The van der Waals surface area contributed by atoms with Crippen LogP contribution in [0.4, 0.5) is 4.79 Å². The highest BCUT2D eigenvalue weighted by atomic mass is 35.5. The van der Waals surface area contributed by atoms with Crippen LogP contribution in [0.2, 0.25) is 5.02 Å². The maximum Gasteiger partial charge on any atom is 0.315 e. The van der Waals surface area contributed by atoms with Crippen molar-refractivity contribution in [3.8, 4) is 11.5 Å². The maximum atomic E-state index is 12.6. The lowest BCUT2D eigenvalue weighted by molar-refractivity contribution is 0.236. The quantitative estimate of drug-likeness (QED) is 0.462. The van der Waals surface area contributed by atoms with Crippen LogP contribution in [0.25, 0.3) is 11.5 Å². The van der Waals surface area contributed by atoms with E-state index in [2.05, 4.69) is 20.8 Å². The molecule has 0 aliphatic heterocycles. The van der Waals surface area contributed by atoms with Gasteiger partial charge in [-0.3, -0.25) is 0 Å². The summed E-state index contributed by atoms with van der Waals surface area (Å²) in [5, 5.41) is 14.7. The van der Waals surface area contributed by atoms with Crippen molar-refractivity contribution in [2.75, 3.05) is 0 Å². The van der Waals surface area contributed by atoms with Gasteiger partial charge in [0.2, 0.25) is 11.8 Å². The molecule has 30 heavy (non-hydrogen) atoms. The molecule has 3 aromatic carbocycles. The van der Waals surface area contributed by atoms with Crippen LogP contribution < -0.4 is 10.6 Å². The fraction of sp³-hybridized carbons (Fsp3) is 0.0870. The molecule has 150 valence electrons. The molecule has 0 aliphatic carbocycles. The van der Waals surface area contributed by atoms with Crippen LogP contribution >= 0.6 is 11.6 Å². The fourth-order valence-corrected chi connectivity index (χ4v) is 3.08. The Kier molecular flexibility index (Phi) is 6.06. The summed E-state index contributed by atoms with van der Waals surface area (Å²) in [6.07, 6.45) is 0. The number of amides is 2. The molecule has 0 fully saturated rings. The summed E-state index contributed by atoms with van der Waals surface area (Å²) in [6.45, 7) is 0.402. The van der Waals surface area contributed by atoms with E-state index in [4.69, 9.17) is 16.0 Å². The number of nitrogens with one attached hydrogen (secondary N) is 2. The Hall–Kier alpha value is -3.64. The van der Waals surface area contributed by atoms with Crippen LogP contribution in [0.3, 0.4) is 0 Å². The number of hydrogen-bond acceptors (Lipinski definition) is 4. The van der Waals surface area contributed by atoms with Gasteiger partial charge in [0.15, 0.2) is 0 Å². The monoisotopic (exact) mass is 418 g/mol. The fourth-order valence-electron chi connectivity index (χ4n) is 2.95. The summed E-state index contributed by atoms with van der Waals surface area (Å²) in [4.78, 5) is 12.6. The molecule has 7 heteroatoms. The number of hydrogen-bond donors (Lipinski definition) is 2. The molecule has 2 N–H and O–H groups in total. The number of carbonyl (C=O) groups is 1. The number of rotatable bonds is 6. The topological polar surface area (TPSA) is 80.0 Å². The van der Waals surface area contributed by atoms with Crippen molar-refractivity contribution in [3.05, 3.63) is 107 Å². The summed E-state index contributed by atoms with van der Waals surface area (Å²) in [5.74, 6) is 0.669. The van der Waals surface area contributed by atoms with Gasteiger partial charge in [-0.25, -0.2) is 4.79 Å². The van der Waals surface area contributed by atoms with E-state index in [0.29, 0.717) is 17.5 Å². The van der Waals surface area contributed by atoms with Crippen molar-refractivity contribution in [1.82, 2.24) is 20.8 Å². The van der Waals surface area contributed by atoms with E-state index in [1.807, 2.05) is 72.8 Å². The summed E-state index contributed by atoms with van der Waals surface area (Å²) in [7, 11) is 0. The van der Waals surface area contributed by atoms with Gasteiger partial charge in [-0.2, -0.15) is 0 Å². The molecule has 0 aliphatic rings. The van der Waals surface area contributed by atoms with E-state index >= 15 is 0 Å². The molecule has 4 rings (SSSR count). The van der Waals surface area contributed by atoms with E-state index in [-0.39, 0.29) is 11.9 Å². The van der Waals surface area contributed by atoms with Gasteiger partial charge in [-0.1, -0.05) is 72.3 Å². The Morgan fingerprint density at radius 1 is 0.900 bits per heavy atom. The Labute approximate surface area is 178 Å². The number of nitrogens with zero attached hydrogens (tertiary/aromatic N) is 2. The van der Waals surface area contributed by atoms with Gasteiger partial charge >= 0.3 is 6.03 Å². The molecular formula is C23H19ClN4O2. The van der Waals surface area contributed by atoms with Crippen molar-refractivity contribution >= 4 is 17.6 Å². The van der Waals surface area contributed by atoms with E-state index < -0.39 is 6.04 Å². The largest absolute Gasteiger partial charge is 0.418 e. The third kappa shape index (κ3) is 4.85. The zero-order valence-corrected chi connectivity index (χ0v) is 16.7. The molecule has 1 atom stereocenters. The minimum Gasteiger partial charge on any atom is -0.418 e. The Morgan fingerprint density at radius 2 is 1.57 bits per heavy atom. The van der Waals surface area contributed by atoms with Crippen LogP contribution in [0.5, 0.6) is 0 Å². The van der Waals surface area contributed by atoms with E-state index in [9.17, 15) is 4.79 Å². The standard InChI is InChI=1S/C23H19ClN4O2/c24-19-13-11-17(12-14-19)20(26-23(29)25-15-16-7-3-1-4-8-16)22-28-27-21(30-22)18-9-5-2-6-10-18/h1-14,20H,15H2,(H2,25,26,29). The van der Waals surface area contributed by atoms with Crippen LogP contribution in [0.1, 0.15) is 23.1 Å². The molecule has 6 nitrogen and oxygen atoms in total. The molecule has 0 saturated heterocycles. The van der Waals surface area contributed by atoms with Crippen LogP contribution in [-0.2, 0) is 6.54 Å². The summed E-state index contributed by atoms with van der Waals surface area (Å²) in [5.41, 5.74) is 2.58. The minimum absolute atomic E-state index is 0.283. The highest BCUT2D eigenvalue weighted by Crippen LogP contribution is 2.26. The lowest BCUT2D eigenvalue weighted by Gasteiger charge is -2.16. The molecule has 4 aromatic rings.